The zero-order valence-corrected chi connectivity index (χ0v) is 40.9. The van der Waals surface area contributed by atoms with Crippen LogP contribution in [0.15, 0.2) is 60.8 Å². The fraction of sp³-hybridized carbons (Fsp3) is 0.784. The monoisotopic (exact) mass is 879 g/mol. The third-order valence-electron chi connectivity index (χ3n) is 10.8. The predicted molar refractivity (Wildman–Crippen MR) is 257 cm³/mol. The van der Waals surface area contributed by atoms with Crippen LogP contribution in [0.25, 0.3) is 0 Å². The van der Waals surface area contributed by atoms with Gasteiger partial charge in [-0.05, 0) is 64.2 Å². The summed E-state index contributed by atoms with van der Waals surface area (Å²) in [6.07, 6.45) is 51.9. The third-order valence-corrected chi connectivity index (χ3v) is 11.8. The number of nitrogens with one attached hydrogen (secondary N) is 1. The van der Waals surface area contributed by atoms with Crippen molar-refractivity contribution in [3.05, 3.63) is 60.8 Å². The van der Waals surface area contributed by atoms with Crippen LogP contribution in [0, 0.1) is 0 Å². The van der Waals surface area contributed by atoms with Crippen LogP contribution in [-0.4, -0.2) is 79.8 Å². The van der Waals surface area contributed by atoms with Gasteiger partial charge in [-0.25, -0.2) is 0 Å². The molecule has 0 spiro atoms. The van der Waals surface area contributed by atoms with E-state index in [1.165, 1.54) is 109 Å². The van der Waals surface area contributed by atoms with Crippen LogP contribution in [0.2, 0.25) is 0 Å². The zero-order chi connectivity index (χ0) is 45.1. The molecule has 4 atom stereocenters. The van der Waals surface area contributed by atoms with Gasteiger partial charge in [0, 0.05) is 0 Å². The number of amides is 1. The van der Waals surface area contributed by atoms with E-state index in [4.69, 9.17) is 9.05 Å². The van der Waals surface area contributed by atoms with Crippen molar-refractivity contribution in [2.45, 2.75) is 218 Å². The number of carbonyl (C=O) groups excluding carboxylic acids is 1. The molecule has 4 unspecified atom stereocenters. The fourth-order valence-corrected chi connectivity index (χ4v) is 7.51. The van der Waals surface area contributed by atoms with E-state index >= 15 is 0 Å². The SMILES string of the molecule is CCCCC/C=C\C/C=C\C/C=C\C/C=C\CCCCCCCCCCC(O)C(=O)NC(COP(=O)([O-])OCC[N+](C)(C)C)C(O)/C=C/CCCCCCCCCCCCC. The summed E-state index contributed by atoms with van der Waals surface area (Å²) < 4.78 is 23.1. The number of aliphatic hydroxyl groups is 2. The Hall–Kier alpha value is -1.84. The van der Waals surface area contributed by atoms with Gasteiger partial charge in [-0.2, -0.15) is 0 Å². The van der Waals surface area contributed by atoms with Crippen LogP contribution < -0.4 is 10.2 Å². The van der Waals surface area contributed by atoms with E-state index in [0.717, 1.165) is 64.2 Å². The standard InChI is InChI=1S/C51H95N2O7P/c1-6-8-10-12-14-16-18-20-21-22-23-24-25-26-27-28-29-30-32-34-36-38-40-42-44-50(55)51(56)52-48(47-60-61(57,58)59-46-45-53(3,4)5)49(54)43-41-39-37-35-33-31-19-17-15-13-11-9-7-2/h14,16,20-21,23-24,26-27,41,43,48-50,54-55H,6-13,15,17-19,22,25,28-40,42,44-47H2,1-5H3,(H-,52,56,57,58)/b16-14-,21-20-,24-23-,27-26-,43-41+. The maximum atomic E-state index is 13.0. The average Bonchev–Trinajstić information content (AvgIpc) is 3.21. The minimum absolute atomic E-state index is 0.0474. The number of quaternary nitrogens is 1. The number of aliphatic hydroxyl groups excluding tert-OH is 2. The van der Waals surface area contributed by atoms with Crippen LogP contribution in [0.1, 0.15) is 200 Å². The van der Waals surface area contributed by atoms with Crippen molar-refractivity contribution in [2.75, 3.05) is 40.9 Å². The lowest BCUT2D eigenvalue weighted by atomic mass is 10.0. The summed E-state index contributed by atoms with van der Waals surface area (Å²) in [4.78, 5) is 25.5. The van der Waals surface area contributed by atoms with Gasteiger partial charge in [0.25, 0.3) is 7.82 Å². The molecule has 0 aliphatic rings. The normalized spacial score (nSPS) is 15.2. The zero-order valence-electron chi connectivity index (χ0n) is 40.0. The molecule has 0 fully saturated rings. The van der Waals surface area contributed by atoms with Gasteiger partial charge in [0.15, 0.2) is 0 Å². The van der Waals surface area contributed by atoms with E-state index in [1.807, 2.05) is 27.2 Å². The molecule has 356 valence electrons. The second kappa shape index (κ2) is 42.1. The van der Waals surface area contributed by atoms with Crippen molar-refractivity contribution >= 4 is 13.7 Å². The molecule has 3 N–H and O–H groups in total. The Labute approximate surface area is 375 Å². The number of allylic oxidation sites excluding steroid dienone is 9. The van der Waals surface area contributed by atoms with E-state index in [9.17, 15) is 24.5 Å². The molecule has 0 aromatic rings. The van der Waals surface area contributed by atoms with Crippen LogP contribution in [-0.2, 0) is 18.4 Å². The molecule has 61 heavy (non-hydrogen) atoms. The molecular weight excluding hydrogens is 784 g/mol. The minimum atomic E-state index is -4.67. The molecular formula is C51H95N2O7P. The predicted octanol–water partition coefficient (Wildman–Crippen LogP) is 12.5. The van der Waals surface area contributed by atoms with Crippen molar-refractivity contribution < 1.29 is 38.0 Å². The second-order valence-corrected chi connectivity index (χ2v) is 19.4. The highest BCUT2D eigenvalue weighted by molar-refractivity contribution is 7.45. The maximum absolute atomic E-state index is 13.0. The summed E-state index contributed by atoms with van der Waals surface area (Å²) in [7, 11) is 1.10. The van der Waals surface area contributed by atoms with Crippen molar-refractivity contribution in [3.8, 4) is 0 Å². The molecule has 0 saturated heterocycles. The number of phosphoric acid groups is 1. The minimum Gasteiger partial charge on any atom is -0.756 e. The fourth-order valence-electron chi connectivity index (χ4n) is 6.79. The summed E-state index contributed by atoms with van der Waals surface area (Å²) in [6, 6.07) is -1.07. The molecule has 10 heteroatoms. The number of hydrogen-bond donors (Lipinski definition) is 3. The number of hydrogen-bond acceptors (Lipinski definition) is 7. The van der Waals surface area contributed by atoms with Gasteiger partial charge in [0.1, 0.15) is 19.3 Å². The summed E-state index contributed by atoms with van der Waals surface area (Å²) in [5.41, 5.74) is 0. The number of carbonyl (C=O) groups is 1. The van der Waals surface area contributed by atoms with Gasteiger partial charge in [0.2, 0.25) is 5.91 Å². The Kier molecular flexibility index (Phi) is 40.9. The molecule has 0 bridgehead atoms. The van der Waals surface area contributed by atoms with Gasteiger partial charge < -0.3 is 34.0 Å². The lowest BCUT2D eigenvalue weighted by molar-refractivity contribution is -0.870. The first kappa shape index (κ1) is 59.2. The third kappa shape index (κ3) is 43.2. The number of rotatable bonds is 44. The Morgan fingerprint density at radius 1 is 0.590 bits per heavy atom. The molecule has 0 saturated carbocycles. The number of nitrogens with zero attached hydrogens (tertiary/aromatic N) is 1. The molecule has 0 rings (SSSR count). The van der Waals surface area contributed by atoms with Gasteiger partial charge >= 0.3 is 0 Å². The highest BCUT2D eigenvalue weighted by atomic mass is 31.2. The average molecular weight is 879 g/mol. The molecule has 0 aromatic heterocycles. The smallest absolute Gasteiger partial charge is 0.268 e. The lowest BCUT2D eigenvalue weighted by Crippen LogP contribution is -2.49. The Morgan fingerprint density at radius 2 is 0.984 bits per heavy atom. The summed E-state index contributed by atoms with van der Waals surface area (Å²) >= 11 is 0. The van der Waals surface area contributed by atoms with E-state index in [2.05, 4.69) is 67.8 Å². The van der Waals surface area contributed by atoms with Gasteiger partial charge in [0.05, 0.1) is 39.9 Å². The maximum Gasteiger partial charge on any atom is 0.268 e. The van der Waals surface area contributed by atoms with Gasteiger partial charge in [-0.15, -0.1) is 0 Å². The van der Waals surface area contributed by atoms with Crippen molar-refractivity contribution in [3.63, 3.8) is 0 Å². The highest BCUT2D eigenvalue weighted by Crippen LogP contribution is 2.38. The first-order valence-corrected chi connectivity index (χ1v) is 26.2. The quantitative estimate of drug-likeness (QED) is 0.0241. The summed E-state index contributed by atoms with van der Waals surface area (Å²) in [6.45, 7) is 4.39. The Bertz CT molecular complexity index is 1200. The number of phosphoric ester groups is 1. The van der Waals surface area contributed by atoms with Crippen LogP contribution in [0.4, 0.5) is 0 Å². The summed E-state index contributed by atoms with van der Waals surface area (Å²) in [5, 5.41) is 24.2. The van der Waals surface area contributed by atoms with E-state index in [1.54, 1.807) is 6.08 Å². The highest BCUT2D eigenvalue weighted by Gasteiger charge is 2.25. The van der Waals surface area contributed by atoms with E-state index in [0.29, 0.717) is 23.9 Å². The molecule has 0 radical (unpaired) electrons. The van der Waals surface area contributed by atoms with Crippen molar-refractivity contribution in [1.29, 1.82) is 0 Å². The Balaban J connectivity index is 4.41. The molecule has 0 aliphatic carbocycles. The molecule has 9 nitrogen and oxygen atoms in total. The molecule has 0 heterocycles. The summed E-state index contributed by atoms with van der Waals surface area (Å²) in [5.74, 6) is -0.646. The topological polar surface area (TPSA) is 128 Å². The van der Waals surface area contributed by atoms with Gasteiger partial charge in [-0.1, -0.05) is 197 Å². The molecule has 1 amide bonds. The Morgan fingerprint density at radius 3 is 1.46 bits per heavy atom. The van der Waals surface area contributed by atoms with Crippen molar-refractivity contribution in [2.24, 2.45) is 0 Å². The van der Waals surface area contributed by atoms with Gasteiger partial charge in [-0.3, -0.25) is 9.36 Å². The first-order valence-electron chi connectivity index (χ1n) is 24.8. The van der Waals surface area contributed by atoms with Crippen LogP contribution in [0.5, 0.6) is 0 Å². The molecule has 0 aromatic carbocycles. The second-order valence-electron chi connectivity index (χ2n) is 18.0. The van der Waals surface area contributed by atoms with E-state index in [-0.39, 0.29) is 6.61 Å². The number of unbranched alkanes of at least 4 members (excludes halogenated alkanes) is 22. The van der Waals surface area contributed by atoms with E-state index < -0.39 is 38.6 Å². The van der Waals surface area contributed by atoms with Crippen molar-refractivity contribution in [1.82, 2.24) is 5.32 Å². The lowest BCUT2D eigenvalue weighted by Gasteiger charge is -2.29. The van der Waals surface area contributed by atoms with Crippen LogP contribution >= 0.6 is 7.82 Å². The largest absolute Gasteiger partial charge is 0.756 e. The first-order chi connectivity index (χ1) is 29.4. The number of likely N-dealkylation sites (N-methyl/N-ethyl adjacent to an activating group) is 1. The molecule has 0 aliphatic heterocycles. The van der Waals surface area contributed by atoms with Crippen LogP contribution in [0.3, 0.4) is 0 Å².